The summed E-state index contributed by atoms with van der Waals surface area (Å²) in [6, 6.07) is 17.1. The number of nitrogens with zero attached hydrogens (tertiary/aromatic N) is 3. The van der Waals surface area contributed by atoms with Crippen molar-refractivity contribution in [3.63, 3.8) is 0 Å². The molecule has 3 aromatic rings. The summed E-state index contributed by atoms with van der Waals surface area (Å²) < 4.78 is 0. The lowest BCUT2D eigenvalue weighted by Gasteiger charge is -2.30. The lowest BCUT2D eigenvalue weighted by molar-refractivity contribution is -0.121. The Morgan fingerprint density at radius 1 is 0.943 bits per heavy atom. The van der Waals surface area contributed by atoms with Crippen LogP contribution in [-0.4, -0.2) is 42.6 Å². The summed E-state index contributed by atoms with van der Waals surface area (Å²) in [5.41, 5.74) is 1.81. The normalized spacial score (nSPS) is 17.7. The number of halogens is 2. The van der Waals surface area contributed by atoms with Crippen LogP contribution in [-0.2, 0) is 4.79 Å². The molecule has 1 aromatic heterocycles. The number of aromatic nitrogens is 2. The summed E-state index contributed by atoms with van der Waals surface area (Å²) in [6.45, 7) is 0.663. The van der Waals surface area contributed by atoms with Crippen LogP contribution in [0.1, 0.15) is 42.7 Å². The molecule has 0 saturated heterocycles. The van der Waals surface area contributed by atoms with Gasteiger partial charge in [-0.15, -0.1) is 0 Å². The highest BCUT2D eigenvalue weighted by Gasteiger charge is 2.26. The number of anilines is 2. The second-order valence-corrected chi connectivity index (χ2v) is 10.1. The minimum absolute atomic E-state index is 0.0104. The van der Waals surface area contributed by atoms with E-state index in [0.29, 0.717) is 34.5 Å². The largest absolute Gasteiger partial charge is 0.363 e. The van der Waals surface area contributed by atoms with Crippen LogP contribution in [0.3, 0.4) is 0 Å². The summed E-state index contributed by atoms with van der Waals surface area (Å²) in [4.78, 5) is 24.2. The van der Waals surface area contributed by atoms with Crippen molar-refractivity contribution in [3.05, 3.63) is 82.0 Å². The molecular weight excluding hydrogens is 481 g/mol. The molecule has 2 aromatic carbocycles. The smallest absolute Gasteiger partial charge is 0.232 e. The van der Waals surface area contributed by atoms with E-state index in [4.69, 9.17) is 23.2 Å². The summed E-state index contributed by atoms with van der Waals surface area (Å²) in [6.07, 6.45) is 5.90. The van der Waals surface area contributed by atoms with Gasteiger partial charge in [-0.3, -0.25) is 4.79 Å². The minimum Gasteiger partial charge on any atom is -0.363 e. The van der Waals surface area contributed by atoms with Gasteiger partial charge in [-0.25, -0.2) is 4.98 Å². The van der Waals surface area contributed by atoms with E-state index >= 15 is 0 Å². The summed E-state index contributed by atoms with van der Waals surface area (Å²) in [5.74, 6) is 1.58. The van der Waals surface area contributed by atoms with Crippen molar-refractivity contribution in [2.45, 2.75) is 37.6 Å². The second-order valence-electron chi connectivity index (χ2n) is 9.28. The van der Waals surface area contributed by atoms with E-state index in [1.807, 2.05) is 73.6 Å². The number of rotatable bonds is 8. The summed E-state index contributed by atoms with van der Waals surface area (Å²) >= 11 is 12.2. The van der Waals surface area contributed by atoms with Crippen molar-refractivity contribution >= 4 is 40.9 Å². The highest BCUT2D eigenvalue weighted by Crippen LogP contribution is 2.29. The average Bonchev–Trinajstić information content (AvgIpc) is 2.86. The molecule has 8 heteroatoms. The van der Waals surface area contributed by atoms with Crippen LogP contribution in [0, 0.1) is 5.92 Å². The molecule has 4 rings (SSSR count). The number of hydrogen-bond donors (Lipinski definition) is 2. The fourth-order valence-corrected chi connectivity index (χ4v) is 4.77. The van der Waals surface area contributed by atoms with Crippen LogP contribution >= 0.6 is 23.2 Å². The Balaban J connectivity index is 1.33. The molecule has 1 heterocycles. The third-order valence-corrected chi connectivity index (χ3v) is 7.02. The van der Waals surface area contributed by atoms with E-state index < -0.39 is 5.92 Å². The number of hydrogen-bond acceptors (Lipinski definition) is 5. The molecule has 1 amide bonds. The first-order valence-corrected chi connectivity index (χ1v) is 12.7. The maximum atomic E-state index is 13.3. The first kappa shape index (κ1) is 25.3. The third kappa shape index (κ3) is 6.86. The molecule has 0 bridgehead atoms. The van der Waals surface area contributed by atoms with Crippen molar-refractivity contribution in [1.82, 2.24) is 15.3 Å². The number of nitrogens with one attached hydrogen (secondary N) is 2. The zero-order chi connectivity index (χ0) is 24.8. The number of benzene rings is 2. The molecule has 0 aliphatic heterocycles. The van der Waals surface area contributed by atoms with Crippen LogP contribution in [0.15, 0.2) is 60.8 Å². The molecule has 1 saturated carbocycles. The minimum atomic E-state index is -0.413. The molecular formula is C27H31Cl2N5O. The molecule has 2 N–H and O–H groups in total. The SMILES string of the molecule is CN(C)c1ccnc(N[C@H]2CC[C@@H](CNC(=O)C(c3ccc(Cl)cc3)c3ccc(Cl)cc3)CC2)n1. The molecule has 0 spiro atoms. The predicted molar refractivity (Wildman–Crippen MR) is 143 cm³/mol. The molecule has 0 radical (unpaired) electrons. The van der Waals surface area contributed by atoms with Crippen molar-refractivity contribution < 1.29 is 4.79 Å². The Kier molecular flexibility index (Phi) is 8.47. The molecule has 6 nitrogen and oxygen atoms in total. The highest BCUT2D eigenvalue weighted by molar-refractivity contribution is 6.30. The van der Waals surface area contributed by atoms with Gasteiger partial charge in [0.05, 0.1) is 5.92 Å². The third-order valence-electron chi connectivity index (χ3n) is 6.51. The fourth-order valence-electron chi connectivity index (χ4n) is 4.51. The van der Waals surface area contributed by atoms with Crippen LogP contribution < -0.4 is 15.5 Å². The summed E-state index contributed by atoms with van der Waals surface area (Å²) in [5, 5.41) is 7.97. The number of carbonyl (C=O) groups is 1. The Morgan fingerprint density at radius 3 is 2.06 bits per heavy atom. The van der Waals surface area contributed by atoms with Crippen LogP contribution in [0.25, 0.3) is 0 Å². The van der Waals surface area contributed by atoms with Gasteiger partial charge in [0.1, 0.15) is 5.82 Å². The topological polar surface area (TPSA) is 70.2 Å². The standard InChI is InChI=1S/C27H31Cl2N5O/c1-34(2)24-15-16-30-27(33-24)32-23-13-3-18(4-14-23)17-31-26(35)25(19-5-9-21(28)10-6-19)20-7-11-22(29)12-8-20/h5-12,15-16,18,23,25H,3-4,13-14,17H2,1-2H3,(H,31,35)(H,30,32,33)/t18-,23+. The quantitative estimate of drug-likeness (QED) is 0.401. The van der Waals surface area contributed by atoms with Crippen molar-refractivity contribution in [1.29, 1.82) is 0 Å². The maximum absolute atomic E-state index is 13.3. The first-order valence-electron chi connectivity index (χ1n) is 11.9. The first-order chi connectivity index (χ1) is 16.9. The fraction of sp³-hybridized carbons (Fsp3) is 0.370. The van der Waals surface area contributed by atoms with Gasteiger partial charge in [0.15, 0.2) is 0 Å². The highest BCUT2D eigenvalue weighted by atomic mass is 35.5. The monoisotopic (exact) mass is 511 g/mol. The molecule has 1 fully saturated rings. The maximum Gasteiger partial charge on any atom is 0.232 e. The number of carbonyl (C=O) groups excluding carboxylic acids is 1. The van der Waals surface area contributed by atoms with E-state index in [1.54, 1.807) is 6.20 Å². The Hall–Kier alpha value is -2.83. The number of amides is 1. The van der Waals surface area contributed by atoms with Gasteiger partial charge in [0.2, 0.25) is 11.9 Å². The van der Waals surface area contributed by atoms with Gasteiger partial charge in [0, 0.05) is 42.9 Å². The van der Waals surface area contributed by atoms with Crippen LogP contribution in [0.4, 0.5) is 11.8 Å². The van der Waals surface area contributed by atoms with E-state index in [-0.39, 0.29) is 5.91 Å². The Morgan fingerprint density at radius 2 is 1.51 bits per heavy atom. The van der Waals surface area contributed by atoms with E-state index in [1.165, 1.54) is 0 Å². The average molecular weight is 512 g/mol. The van der Waals surface area contributed by atoms with Gasteiger partial charge in [-0.2, -0.15) is 4.98 Å². The van der Waals surface area contributed by atoms with Gasteiger partial charge in [0.25, 0.3) is 0 Å². The van der Waals surface area contributed by atoms with Crippen molar-refractivity contribution in [2.24, 2.45) is 5.92 Å². The molecule has 1 aliphatic carbocycles. The Labute approximate surface area is 217 Å². The lowest BCUT2D eigenvalue weighted by Crippen LogP contribution is -2.36. The molecule has 0 atom stereocenters. The van der Waals surface area contributed by atoms with E-state index in [2.05, 4.69) is 20.6 Å². The van der Waals surface area contributed by atoms with Crippen molar-refractivity contribution in [2.75, 3.05) is 30.9 Å². The zero-order valence-electron chi connectivity index (χ0n) is 20.0. The molecule has 184 valence electrons. The van der Waals surface area contributed by atoms with Gasteiger partial charge in [-0.05, 0) is 73.1 Å². The molecule has 0 unspecified atom stereocenters. The zero-order valence-corrected chi connectivity index (χ0v) is 21.6. The molecule has 1 aliphatic rings. The van der Waals surface area contributed by atoms with Crippen LogP contribution in [0.2, 0.25) is 10.0 Å². The predicted octanol–water partition coefficient (Wildman–Crippen LogP) is 5.77. The summed E-state index contributed by atoms with van der Waals surface area (Å²) in [7, 11) is 3.94. The van der Waals surface area contributed by atoms with Gasteiger partial charge >= 0.3 is 0 Å². The Bertz CT molecular complexity index is 1070. The van der Waals surface area contributed by atoms with Crippen molar-refractivity contribution in [3.8, 4) is 0 Å². The van der Waals surface area contributed by atoms with Crippen LogP contribution in [0.5, 0.6) is 0 Å². The molecule has 35 heavy (non-hydrogen) atoms. The second kappa shape index (κ2) is 11.7. The lowest BCUT2D eigenvalue weighted by atomic mass is 9.85. The van der Waals surface area contributed by atoms with Gasteiger partial charge in [-0.1, -0.05) is 47.5 Å². The van der Waals surface area contributed by atoms with E-state index in [9.17, 15) is 4.79 Å². The van der Waals surface area contributed by atoms with E-state index in [0.717, 1.165) is 42.6 Å². The van der Waals surface area contributed by atoms with Gasteiger partial charge < -0.3 is 15.5 Å².